The number of nitrogens with one attached hydrogen (secondary N) is 2. The first kappa shape index (κ1) is 13.6. The fourth-order valence-electron chi connectivity index (χ4n) is 3.04. The van der Waals surface area contributed by atoms with Crippen LogP contribution >= 0.6 is 0 Å². The monoisotopic (exact) mass is 272 g/mol. The van der Waals surface area contributed by atoms with Crippen molar-refractivity contribution in [2.75, 3.05) is 13.1 Å². The highest BCUT2D eigenvalue weighted by Crippen LogP contribution is 2.31. The second-order valence-electron chi connectivity index (χ2n) is 6.02. The number of carbonyl (C=O) groups is 1. The van der Waals surface area contributed by atoms with Gasteiger partial charge in [0.2, 0.25) is 5.91 Å². The fraction of sp³-hybridized carbons (Fsp3) is 0.588. The molecule has 1 atom stereocenters. The minimum Gasteiger partial charge on any atom is -0.356 e. The molecule has 2 aliphatic carbocycles. The quantitative estimate of drug-likeness (QED) is 0.781. The molecule has 0 aromatic heterocycles. The van der Waals surface area contributed by atoms with Crippen molar-refractivity contribution in [1.82, 2.24) is 10.6 Å². The summed E-state index contributed by atoms with van der Waals surface area (Å²) in [6.45, 7) is 1.81. The van der Waals surface area contributed by atoms with Gasteiger partial charge in [0, 0.05) is 12.6 Å². The molecule has 3 nitrogen and oxygen atoms in total. The van der Waals surface area contributed by atoms with Gasteiger partial charge in [-0.2, -0.15) is 0 Å². The van der Waals surface area contributed by atoms with E-state index in [2.05, 4.69) is 28.8 Å². The Labute approximate surface area is 121 Å². The van der Waals surface area contributed by atoms with E-state index >= 15 is 0 Å². The van der Waals surface area contributed by atoms with Crippen LogP contribution in [0.2, 0.25) is 0 Å². The summed E-state index contributed by atoms with van der Waals surface area (Å²) >= 11 is 0. The molecule has 1 aromatic rings. The fourth-order valence-corrected chi connectivity index (χ4v) is 3.04. The molecule has 1 unspecified atom stereocenters. The van der Waals surface area contributed by atoms with E-state index in [9.17, 15) is 4.79 Å². The molecule has 1 amide bonds. The molecular formula is C17H24N2O. The average Bonchev–Trinajstić information content (AvgIpc) is 3.30. The van der Waals surface area contributed by atoms with Gasteiger partial charge in [-0.25, -0.2) is 0 Å². The van der Waals surface area contributed by atoms with Gasteiger partial charge in [-0.1, -0.05) is 24.3 Å². The van der Waals surface area contributed by atoms with Crippen molar-refractivity contribution in [3.63, 3.8) is 0 Å². The van der Waals surface area contributed by atoms with Crippen molar-refractivity contribution in [3.8, 4) is 0 Å². The van der Waals surface area contributed by atoms with Crippen LogP contribution in [0.1, 0.15) is 49.1 Å². The Bertz CT molecular complexity index is 468. The second kappa shape index (κ2) is 6.40. The van der Waals surface area contributed by atoms with E-state index in [1.165, 1.54) is 24.0 Å². The van der Waals surface area contributed by atoms with Crippen molar-refractivity contribution in [1.29, 1.82) is 0 Å². The van der Waals surface area contributed by atoms with Crippen molar-refractivity contribution < 1.29 is 4.79 Å². The van der Waals surface area contributed by atoms with Gasteiger partial charge in [0.1, 0.15) is 0 Å². The number of benzene rings is 1. The molecule has 0 heterocycles. The number of fused-ring (bicyclic) bond motifs is 1. The molecule has 0 radical (unpaired) electrons. The number of rotatable bonds is 6. The lowest BCUT2D eigenvalue weighted by Crippen LogP contribution is -2.33. The first-order valence-electron chi connectivity index (χ1n) is 7.93. The van der Waals surface area contributed by atoms with Crippen LogP contribution in [0.5, 0.6) is 0 Å². The summed E-state index contributed by atoms with van der Waals surface area (Å²) in [5, 5.41) is 6.58. The van der Waals surface area contributed by atoms with Gasteiger partial charge in [0.25, 0.3) is 0 Å². The molecule has 0 bridgehead atoms. The van der Waals surface area contributed by atoms with Crippen LogP contribution < -0.4 is 10.6 Å². The minimum atomic E-state index is 0.0661. The highest BCUT2D eigenvalue weighted by molar-refractivity contribution is 5.84. The summed E-state index contributed by atoms with van der Waals surface area (Å²) in [5.41, 5.74) is 2.60. The van der Waals surface area contributed by atoms with E-state index in [0.717, 1.165) is 44.8 Å². The topological polar surface area (TPSA) is 41.1 Å². The van der Waals surface area contributed by atoms with Gasteiger partial charge < -0.3 is 10.6 Å². The molecule has 0 aliphatic heterocycles. The number of amides is 1. The Morgan fingerprint density at radius 1 is 1.15 bits per heavy atom. The normalized spacial score (nSPS) is 21.3. The standard InChI is InChI=1S/C17H24N2O/c20-17(19-12-4-11-18-14-9-10-14)16-8-3-6-13-5-1-2-7-15(13)16/h1-2,5,7,14,16,18H,3-4,6,8-12H2,(H,19,20). The van der Waals surface area contributed by atoms with Crippen LogP contribution in [0, 0.1) is 0 Å². The zero-order valence-electron chi connectivity index (χ0n) is 12.0. The first-order valence-corrected chi connectivity index (χ1v) is 7.93. The summed E-state index contributed by atoms with van der Waals surface area (Å²) in [5.74, 6) is 0.278. The molecule has 3 rings (SSSR count). The highest BCUT2D eigenvalue weighted by atomic mass is 16.1. The SMILES string of the molecule is O=C(NCCCNC1CC1)C1CCCc2ccccc21. The van der Waals surface area contributed by atoms with E-state index in [1.54, 1.807) is 0 Å². The second-order valence-corrected chi connectivity index (χ2v) is 6.02. The number of hydrogen-bond acceptors (Lipinski definition) is 2. The molecule has 0 spiro atoms. The molecule has 1 aromatic carbocycles. The summed E-state index contributed by atoms with van der Waals surface area (Å²) in [4.78, 5) is 12.3. The number of aryl methyl sites for hydroxylation is 1. The van der Waals surface area contributed by atoms with E-state index in [-0.39, 0.29) is 11.8 Å². The molecule has 1 saturated carbocycles. The van der Waals surface area contributed by atoms with Gasteiger partial charge in [-0.3, -0.25) is 4.79 Å². The minimum absolute atomic E-state index is 0.0661. The van der Waals surface area contributed by atoms with E-state index in [4.69, 9.17) is 0 Å². The Morgan fingerprint density at radius 2 is 2.00 bits per heavy atom. The Kier molecular flexibility index (Phi) is 4.36. The zero-order chi connectivity index (χ0) is 13.8. The van der Waals surface area contributed by atoms with Gasteiger partial charge in [0.05, 0.1) is 5.92 Å². The smallest absolute Gasteiger partial charge is 0.227 e. The largest absolute Gasteiger partial charge is 0.356 e. The third-order valence-electron chi connectivity index (χ3n) is 4.35. The molecular weight excluding hydrogens is 248 g/mol. The molecule has 2 N–H and O–H groups in total. The van der Waals surface area contributed by atoms with Gasteiger partial charge in [-0.05, 0) is 56.2 Å². The van der Waals surface area contributed by atoms with Gasteiger partial charge in [-0.15, -0.1) is 0 Å². The van der Waals surface area contributed by atoms with Crippen LogP contribution in [0.15, 0.2) is 24.3 Å². The summed E-state index contributed by atoms with van der Waals surface area (Å²) in [7, 11) is 0. The van der Waals surface area contributed by atoms with Gasteiger partial charge >= 0.3 is 0 Å². The van der Waals surface area contributed by atoms with Crippen molar-refractivity contribution in [3.05, 3.63) is 35.4 Å². The lowest BCUT2D eigenvalue weighted by atomic mass is 9.82. The van der Waals surface area contributed by atoms with E-state index < -0.39 is 0 Å². The Hall–Kier alpha value is -1.35. The van der Waals surface area contributed by atoms with Gasteiger partial charge in [0.15, 0.2) is 0 Å². The molecule has 3 heteroatoms. The molecule has 108 valence electrons. The zero-order valence-corrected chi connectivity index (χ0v) is 12.0. The predicted octanol–water partition coefficient (Wildman–Crippen LogP) is 2.36. The highest BCUT2D eigenvalue weighted by Gasteiger charge is 2.25. The van der Waals surface area contributed by atoms with Crippen LogP contribution in [0.4, 0.5) is 0 Å². The predicted molar refractivity (Wildman–Crippen MR) is 80.8 cm³/mol. The third-order valence-corrected chi connectivity index (χ3v) is 4.35. The Balaban J connectivity index is 1.47. The molecule has 1 fully saturated rings. The van der Waals surface area contributed by atoms with Crippen LogP contribution in [-0.2, 0) is 11.2 Å². The first-order chi connectivity index (χ1) is 9.84. The van der Waals surface area contributed by atoms with Crippen molar-refractivity contribution >= 4 is 5.91 Å². The Morgan fingerprint density at radius 3 is 2.85 bits per heavy atom. The van der Waals surface area contributed by atoms with Crippen molar-refractivity contribution in [2.45, 2.75) is 50.5 Å². The average molecular weight is 272 g/mol. The molecule has 2 aliphatic rings. The molecule has 20 heavy (non-hydrogen) atoms. The third kappa shape index (κ3) is 3.40. The van der Waals surface area contributed by atoms with E-state index in [0.29, 0.717) is 0 Å². The maximum atomic E-state index is 12.3. The lowest BCUT2D eigenvalue weighted by Gasteiger charge is -2.24. The van der Waals surface area contributed by atoms with Crippen LogP contribution in [0.3, 0.4) is 0 Å². The number of hydrogen-bond donors (Lipinski definition) is 2. The maximum absolute atomic E-state index is 12.3. The summed E-state index contributed by atoms with van der Waals surface area (Å²) in [6, 6.07) is 9.16. The number of carbonyl (C=O) groups excluding carboxylic acids is 1. The van der Waals surface area contributed by atoms with Crippen LogP contribution in [0.25, 0.3) is 0 Å². The van der Waals surface area contributed by atoms with Crippen molar-refractivity contribution in [2.24, 2.45) is 0 Å². The molecule has 0 saturated heterocycles. The summed E-state index contributed by atoms with van der Waals surface area (Å²) < 4.78 is 0. The van der Waals surface area contributed by atoms with E-state index in [1.807, 2.05) is 6.07 Å². The van der Waals surface area contributed by atoms with Crippen LogP contribution in [-0.4, -0.2) is 25.0 Å². The lowest BCUT2D eigenvalue weighted by molar-refractivity contribution is -0.122. The maximum Gasteiger partial charge on any atom is 0.227 e. The summed E-state index contributed by atoms with van der Waals surface area (Å²) in [6.07, 6.45) is 6.90.